The van der Waals surface area contributed by atoms with Crippen molar-refractivity contribution in [1.82, 2.24) is 15.1 Å². The van der Waals surface area contributed by atoms with Gasteiger partial charge in [0.25, 0.3) is 0 Å². The van der Waals surface area contributed by atoms with Crippen LogP contribution in [0.2, 0.25) is 20.1 Å². The van der Waals surface area contributed by atoms with E-state index in [2.05, 4.69) is 10.2 Å². The molecule has 186 valence electrons. The summed E-state index contributed by atoms with van der Waals surface area (Å²) in [6.07, 6.45) is 3.89. The van der Waals surface area contributed by atoms with Gasteiger partial charge in [-0.05, 0) is 67.6 Å². The van der Waals surface area contributed by atoms with E-state index in [1.54, 1.807) is 24.3 Å². The second-order valence-corrected chi connectivity index (χ2v) is 11.5. The molecule has 0 radical (unpaired) electrons. The third kappa shape index (κ3) is 5.17. The fourth-order valence-electron chi connectivity index (χ4n) is 5.44. The smallest absolute Gasteiger partial charge is 0.245 e. The van der Waals surface area contributed by atoms with Gasteiger partial charge in [-0.25, -0.2) is 0 Å². The second kappa shape index (κ2) is 10.1. The van der Waals surface area contributed by atoms with Crippen molar-refractivity contribution in [1.29, 1.82) is 0 Å². The Morgan fingerprint density at radius 2 is 1.69 bits per heavy atom. The van der Waals surface area contributed by atoms with Crippen molar-refractivity contribution in [3.63, 3.8) is 0 Å². The fraction of sp³-hybridized carbons (Fsp3) is 0.462. The van der Waals surface area contributed by atoms with E-state index in [4.69, 9.17) is 46.4 Å². The van der Waals surface area contributed by atoms with Gasteiger partial charge in [0.05, 0.1) is 5.41 Å². The van der Waals surface area contributed by atoms with Gasteiger partial charge in [0, 0.05) is 52.2 Å². The molecule has 0 spiro atoms. The van der Waals surface area contributed by atoms with Crippen LogP contribution in [0.3, 0.4) is 0 Å². The zero-order valence-electron chi connectivity index (χ0n) is 19.2. The molecular weight excluding hydrogens is 528 g/mol. The first-order valence-electron chi connectivity index (χ1n) is 12.0. The number of carbonyl (C=O) groups is 2. The lowest BCUT2D eigenvalue weighted by Crippen LogP contribution is -2.58. The van der Waals surface area contributed by atoms with Gasteiger partial charge in [-0.2, -0.15) is 0 Å². The first-order valence-corrected chi connectivity index (χ1v) is 13.5. The van der Waals surface area contributed by atoms with Gasteiger partial charge in [0.1, 0.15) is 6.04 Å². The van der Waals surface area contributed by atoms with Crippen molar-refractivity contribution in [3.05, 3.63) is 67.6 Å². The lowest BCUT2D eigenvalue weighted by atomic mass is 9.93. The molecule has 5 rings (SSSR count). The number of fused-ring (bicyclic) bond motifs is 1. The maximum Gasteiger partial charge on any atom is 0.245 e. The molecule has 1 saturated carbocycles. The van der Waals surface area contributed by atoms with Gasteiger partial charge in [0.15, 0.2) is 0 Å². The van der Waals surface area contributed by atoms with E-state index in [1.165, 1.54) is 0 Å². The zero-order valence-corrected chi connectivity index (χ0v) is 22.2. The van der Waals surface area contributed by atoms with Gasteiger partial charge in [-0.1, -0.05) is 58.5 Å². The number of carbonyl (C=O) groups excluding carboxylic acids is 2. The van der Waals surface area contributed by atoms with Gasteiger partial charge >= 0.3 is 0 Å². The minimum Gasteiger partial charge on any atom is -0.343 e. The summed E-state index contributed by atoms with van der Waals surface area (Å²) in [5.41, 5.74) is 0.772. The summed E-state index contributed by atoms with van der Waals surface area (Å²) in [7, 11) is 0. The molecule has 3 aliphatic rings. The monoisotopic (exact) mass is 553 g/mol. The van der Waals surface area contributed by atoms with Crippen molar-refractivity contribution < 1.29 is 9.59 Å². The van der Waals surface area contributed by atoms with Crippen LogP contribution >= 0.6 is 46.4 Å². The largest absolute Gasteiger partial charge is 0.343 e. The van der Waals surface area contributed by atoms with E-state index in [1.807, 2.05) is 17.0 Å². The van der Waals surface area contributed by atoms with Gasteiger partial charge in [0.2, 0.25) is 11.8 Å². The number of halogens is 4. The van der Waals surface area contributed by atoms with E-state index in [0.717, 1.165) is 37.1 Å². The number of benzene rings is 2. The summed E-state index contributed by atoms with van der Waals surface area (Å²) >= 11 is 25.1. The van der Waals surface area contributed by atoms with Crippen LogP contribution < -0.4 is 5.32 Å². The first kappa shape index (κ1) is 25.2. The van der Waals surface area contributed by atoms with Crippen molar-refractivity contribution in [2.24, 2.45) is 0 Å². The Kier molecular flexibility index (Phi) is 7.26. The Balaban J connectivity index is 1.39. The van der Waals surface area contributed by atoms with Crippen LogP contribution in [-0.2, 0) is 21.4 Å². The predicted molar refractivity (Wildman–Crippen MR) is 141 cm³/mol. The number of piperazine rings is 1. The van der Waals surface area contributed by atoms with E-state index in [0.29, 0.717) is 52.1 Å². The molecule has 3 fully saturated rings. The third-order valence-electron chi connectivity index (χ3n) is 7.57. The van der Waals surface area contributed by atoms with Crippen LogP contribution in [0.15, 0.2) is 36.4 Å². The molecule has 0 bridgehead atoms. The van der Waals surface area contributed by atoms with Crippen LogP contribution in [-0.4, -0.2) is 59.9 Å². The predicted octanol–water partition coefficient (Wildman–Crippen LogP) is 5.37. The molecular formula is C26H27Cl4N3O2. The topological polar surface area (TPSA) is 52.7 Å². The number of hydrogen-bond acceptors (Lipinski definition) is 3. The molecule has 2 heterocycles. The summed E-state index contributed by atoms with van der Waals surface area (Å²) in [6, 6.07) is 10.1. The number of amides is 2. The van der Waals surface area contributed by atoms with E-state index < -0.39 is 11.5 Å². The fourth-order valence-corrected chi connectivity index (χ4v) is 6.51. The summed E-state index contributed by atoms with van der Waals surface area (Å²) in [5.74, 6) is -0.265. The molecule has 35 heavy (non-hydrogen) atoms. The molecule has 0 aromatic heterocycles. The number of nitrogens with zero attached hydrogens (tertiary/aromatic N) is 2. The summed E-state index contributed by atoms with van der Waals surface area (Å²) < 4.78 is 0. The Morgan fingerprint density at radius 3 is 2.37 bits per heavy atom. The maximum atomic E-state index is 13.8. The van der Waals surface area contributed by atoms with Crippen molar-refractivity contribution in [3.8, 4) is 0 Å². The van der Waals surface area contributed by atoms with Gasteiger partial charge in [-0.3, -0.25) is 14.5 Å². The van der Waals surface area contributed by atoms with Crippen LogP contribution in [0, 0.1) is 0 Å². The van der Waals surface area contributed by atoms with Gasteiger partial charge in [-0.15, -0.1) is 0 Å². The number of rotatable bonds is 6. The Bertz CT molecular complexity index is 1150. The summed E-state index contributed by atoms with van der Waals surface area (Å²) in [5, 5.41) is 5.07. The van der Waals surface area contributed by atoms with Gasteiger partial charge < -0.3 is 10.2 Å². The normalized spacial score (nSPS) is 21.9. The highest BCUT2D eigenvalue weighted by Gasteiger charge is 2.53. The van der Waals surface area contributed by atoms with Crippen LogP contribution in [0.4, 0.5) is 0 Å². The lowest BCUT2D eigenvalue weighted by Gasteiger charge is -2.39. The minimum absolute atomic E-state index is 0.0751. The Labute approximate surface area is 225 Å². The first-order chi connectivity index (χ1) is 16.8. The average molecular weight is 555 g/mol. The summed E-state index contributed by atoms with van der Waals surface area (Å²) in [4.78, 5) is 31.8. The molecule has 1 aliphatic carbocycles. The number of hydrogen-bond donors (Lipinski definition) is 1. The minimum atomic E-state index is -0.742. The average Bonchev–Trinajstić information content (AvgIpc) is 3.49. The van der Waals surface area contributed by atoms with E-state index in [-0.39, 0.29) is 18.2 Å². The molecule has 1 unspecified atom stereocenters. The van der Waals surface area contributed by atoms with Crippen molar-refractivity contribution in [2.45, 2.75) is 49.6 Å². The van der Waals surface area contributed by atoms with Crippen LogP contribution in [0.25, 0.3) is 0 Å². The highest BCUT2D eigenvalue weighted by atomic mass is 35.5. The molecule has 9 heteroatoms. The summed E-state index contributed by atoms with van der Waals surface area (Å²) in [6.45, 7) is 3.30. The van der Waals surface area contributed by atoms with Crippen molar-refractivity contribution in [2.75, 3.05) is 26.2 Å². The third-order valence-corrected chi connectivity index (χ3v) is 8.71. The molecule has 1 N–H and O–H groups in total. The molecule has 5 nitrogen and oxygen atoms in total. The van der Waals surface area contributed by atoms with Crippen LogP contribution in [0.1, 0.15) is 36.8 Å². The Morgan fingerprint density at radius 1 is 0.971 bits per heavy atom. The molecule has 2 aromatic carbocycles. The number of nitrogens with one attached hydrogen (secondary N) is 1. The molecule has 2 atom stereocenters. The maximum absolute atomic E-state index is 13.8. The molecule has 2 aliphatic heterocycles. The Hall–Kier alpha value is -1.50. The molecule has 2 aromatic rings. The quantitative estimate of drug-likeness (QED) is 0.522. The van der Waals surface area contributed by atoms with Crippen molar-refractivity contribution >= 4 is 58.2 Å². The standard InChI is InChI=1S/C26H27Cl4N3O2/c27-17-4-3-16(21(29)13-17)12-23(24(34)33-11-10-32-9-1-2-19(32)15-33)31-25(35)26(7-8-26)20-6-5-18(28)14-22(20)30/h3-6,13-14,19,23H,1-2,7-12,15H2,(H,31,35)/t19-,23?/m0/s1. The highest BCUT2D eigenvalue weighted by molar-refractivity contribution is 6.35. The molecule has 2 saturated heterocycles. The van der Waals surface area contributed by atoms with E-state index >= 15 is 0 Å². The highest BCUT2D eigenvalue weighted by Crippen LogP contribution is 2.51. The SMILES string of the molecule is O=C(C(Cc1ccc(Cl)cc1Cl)NC(=O)C1(c2ccc(Cl)cc2Cl)CC1)N1CCN2CCC[C@H]2C1. The molecule has 2 amide bonds. The van der Waals surface area contributed by atoms with E-state index in [9.17, 15) is 9.59 Å². The second-order valence-electron chi connectivity index (χ2n) is 9.79. The lowest BCUT2D eigenvalue weighted by molar-refractivity contribution is -0.139. The zero-order chi connectivity index (χ0) is 24.7. The van der Waals surface area contributed by atoms with Crippen LogP contribution in [0.5, 0.6) is 0 Å².